The van der Waals surface area contributed by atoms with Crippen LogP contribution < -0.4 is 0 Å². The van der Waals surface area contributed by atoms with Crippen LogP contribution in [-0.2, 0) is 9.53 Å². The standard InChI is InChI=1S/C8H16.C6H10O2/c1-3-5-7-8-6-4-2;1-3-4-5-6(7)8-2/h3,5H,4,6-8H2,1-2H3;3-4H,5H2,1-2H3. The third kappa shape index (κ3) is 18.7. The van der Waals surface area contributed by atoms with Crippen molar-refractivity contribution in [2.75, 3.05) is 7.11 Å². The molecule has 2 nitrogen and oxygen atoms in total. The maximum Gasteiger partial charge on any atom is 0.309 e. The maximum atomic E-state index is 10.3. The monoisotopic (exact) mass is 226 g/mol. The van der Waals surface area contributed by atoms with Gasteiger partial charge in [-0.15, -0.1) is 0 Å². The molecular weight excluding hydrogens is 200 g/mol. The minimum Gasteiger partial charge on any atom is -0.469 e. The Morgan fingerprint density at radius 3 is 2.19 bits per heavy atom. The second-order valence-corrected chi connectivity index (χ2v) is 3.41. The SMILES string of the molecule is CC=CCC(=O)OC.CC=CCCCCC. The van der Waals surface area contributed by atoms with Crippen LogP contribution in [0.3, 0.4) is 0 Å². The molecule has 0 rings (SSSR count). The topological polar surface area (TPSA) is 26.3 Å². The molecule has 0 aromatic heterocycles. The molecule has 0 heterocycles. The number of carbonyl (C=O) groups is 1. The Balaban J connectivity index is 0. The summed E-state index contributed by atoms with van der Waals surface area (Å²) >= 11 is 0. The van der Waals surface area contributed by atoms with Crippen LogP contribution in [0.2, 0.25) is 0 Å². The highest BCUT2D eigenvalue weighted by atomic mass is 16.5. The normalized spacial score (nSPS) is 10.2. The van der Waals surface area contributed by atoms with Crippen LogP contribution in [0.4, 0.5) is 0 Å². The highest BCUT2D eigenvalue weighted by molar-refractivity contribution is 5.70. The van der Waals surface area contributed by atoms with Gasteiger partial charge in [0.15, 0.2) is 0 Å². The van der Waals surface area contributed by atoms with Crippen LogP contribution in [0.25, 0.3) is 0 Å². The first-order chi connectivity index (χ1) is 7.72. The fraction of sp³-hybridized carbons (Fsp3) is 0.643. The van der Waals surface area contributed by atoms with E-state index in [-0.39, 0.29) is 5.97 Å². The van der Waals surface area contributed by atoms with Crippen LogP contribution >= 0.6 is 0 Å². The first-order valence-corrected chi connectivity index (χ1v) is 6.02. The first-order valence-electron chi connectivity index (χ1n) is 6.02. The van der Waals surface area contributed by atoms with E-state index in [2.05, 4.69) is 30.7 Å². The number of unbranched alkanes of at least 4 members (excludes halogenated alkanes) is 3. The van der Waals surface area contributed by atoms with E-state index >= 15 is 0 Å². The van der Waals surface area contributed by atoms with Gasteiger partial charge in [0, 0.05) is 0 Å². The van der Waals surface area contributed by atoms with Crippen molar-refractivity contribution in [2.45, 2.75) is 52.9 Å². The van der Waals surface area contributed by atoms with Gasteiger partial charge in [-0.3, -0.25) is 4.79 Å². The molecule has 0 radical (unpaired) electrons. The van der Waals surface area contributed by atoms with Crippen molar-refractivity contribution in [1.29, 1.82) is 0 Å². The van der Waals surface area contributed by atoms with Crippen molar-refractivity contribution in [3.63, 3.8) is 0 Å². The Labute approximate surface area is 100 Å². The fourth-order valence-electron chi connectivity index (χ4n) is 0.976. The summed E-state index contributed by atoms with van der Waals surface area (Å²) in [6.45, 7) is 6.17. The van der Waals surface area contributed by atoms with Crippen LogP contribution in [0.5, 0.6) is 0 Å². The van der Waals surface area contributed by atoms with Gasteiger partial charge in [-0.1, -0.05) is 44.1 Å². The Bertz CT molecular complexity index is 193. The van der Waals surface area contributed by atoms with Crippen molar-refractivity contribution in [3.8, 4) is 0 Å². The molecule has 0 aromatic rings. The average Bonchev–Trinajstić information content (AvgIpc) is 2.32. The molecule has 2 heteroatoms. The molecule has 0 saturated carbocycles. The highest BCUT2D eigenvalue weighted by Crippen LogP contribution is 1.98. The lowest BCUT2D eigenvalue weighted by molar-refractivity contribution is -0.139. The first kappa shape index (κ1) is 17.3. The third-order valence-corrected chi connectivity index (χ3v) is 1.96. The number of hydrogen-bond donors (Lipinski definition) is 0. The van der Waals surface area contributed by atoms with E-state index in [1.165, 1.54) is 32.8 Å². The summed E-state index contributed by atoms with van der Waals surface area (Å²) in [4.78, 5) is 10.3. The summed E-state index contributed by atoms with van der Waals surface area (Å²) in [6, 6.07) is 0. The number of carbonyl (C=O) groups excluding carboxylic acids is 1. The molecule has 0 spiro atoms. The summed E-state index contributed by atoms with van der Waals surface area (Å²) in [7, 11) is 1.38. The van der Waals surface area contributed by atoms with Crippen molar-refractivity contribution >= 4 is 5.97 Å². The lowest BCUT2D eigenvalue weighted by Gasteiger charge is -1.89. The van der Waals surface area contributed by atoms with Crippen molar-refractivity contribution < 1.29 is 9.53 Å². The van der Waals surface area contributed by atoms with E-state index < -0.39 is 0 Å². The second kappa shape index (κ2) is 16.4. The molecule has 0 atom stereocenters. The van der Waals surface area contributed by atoms with Gasteiger partial charge in [0.1, 0.15) is 0 Å². The van der Waals surface area contributed by atoms with E-state index in [0.29, 0.717) is 6.42 Å². The van der Waals surface area contributed by atoms with Gasteiger partial charge in [-0.05, 0) is 26.7 Å². The molecule has 16 heavy (non-hydrogen) atoms. The lowest BCUT2D eigenvalue weighted by atomic mass is 10.2. The fourth-order valence-corrected chi connectivity index (χ4v) is 0.976. The van der Waals surface area contributed by atoms with Crippen LogP contribution in [0, 0.1) is 0 Å². The van der Waals surface area contributed by atoms with E-state index in [4.69, 9.17) is 0 Å². The zero-order valence-corrected chi connectivity index (χ0v) is 11.2. The molecule has 0 unspecified atom stereocenters. The molecule has 0 aliphatic heterocycles. The van der Waals surface area contributed by atoms with Gasteiger partial charge in [0.2, 0.25) is 0 Å². The van der Waals surface area contributed by atoms with Gasteiger partial charge >= 0.3 is 5.97 Å². The van der Waals surface area contributed by atoms with Gasteiger partial charge in [0.05, 0.1) is 13.5 Å². The molecule has 0 bridgehead atoms. The van der Waals surface area contributed by atoms with E-state index in [0.717, 1.165) is 0 Å². The van der Waals surface area contributed by atoms with Gasteiger partial charge in [-0.25, -0.2) is 0 Å². The van der Waals surface area contributed by atoms with Gasteiger partial charge < -0.3 is 4.74 Å². The molecule has 0 aromatic carbocycles. The molecule has 0 N–H and O–H groups in total. The van der Waals surface area contributed by atoms with E-state index in [9.17, 15) is 4.79 Å². The molecule has 0 aliphatic carbocycles. The quantitative estimate of drug-likeness (QED) is 0.384. The predicted molar refractivity (Wildman–Crippen MR) is 70.4 cm³/mol. The Kier molecular flexibility index (Phi) is 17.8. The number of rotatable bonds is 6. The second-order valence-electron chi connectivity index (χ2n) is 3.41. The average molecular weight is 226 g/mol. The summed E-state index contributed by atoms with van der Waals surface area (Å²) in [5.41, 5.74) is 0. The number of esters is 1. The summed E-state index contributed by atoms with van der Waals surface area (Å²) < 4.78 is 4.36. The Morgan fingerprint density at radius 2 is 1.75 bits per heavy atom. The Morgan fingerprint density at radius 1 is 1.12 bits per heavy atom. The van der Waals surface area contributed by atoms with Crippen molar-refractivity contribution in [3.05, 3.63) is 24.3 Å². The van der Waals surface area contributed by atoms with Crippen LogP contribution in [-0.4, -0.2) is 13.1 Å². The summed E-state index contributed by atoms with van der Waals surface area (Å²) in [5.74, 6) is -0.192. The maximum absolute atomic E-state index is 10.3. The third-order valence-electron chi connectivity index (χ3n) is 1.96. The zero-order chi connectivity index (χ0) is 12.6. The number of methoxy groups -OCH3 is 1. The molecule has 94 valence electrons. The van der Waals surface area contributed by atoms with E-state index in [1.807, 2.05) is 13.0 Å². The number of hydrogen-bond acceptors (Lipinski definition) is 2. The number of allylic oxidation sites excluding steroid dienone is 3. The van der Waals surface area contributed by atoms with E-state index in [1.54, 1.807) is 6.08 Å². The molecular formula is C14H26O2. The minimum atomic E-state index is -0.192. The zero-order valence-electron chi connectivity index (χ0n) is 11.2. The van der Waals surface area contributed by atoms with Gasteiger partial charge in [-0.2, -0.15) is 0 Å². The Hall–Kier alpha value is -1.05. The van der Waals surface area contributed by atoms with Crippen LogP contribution in [0.1, 0.15) is 52.9 Å². The van der Waals surface area contributed by atoms with Gasteiger partial charge in [0.25, 0.3) is 0 Å². The lowest BCUT2D eigenvalue weighted by Crippen LogP contribution is -1.96. The molecule has 0 saturated heterocycles. The molecule has 0 fully saturated rings. The van der Waals surface area contributed by atoms with Crippen molar-refractivity contribution in [2.24, 2.45) is 0 Å². The smallest absolute Gasteiger partial charge is 0.309 e. The molecule has 0 aliphatic rings. The highest BCUT2D eigenvalue weighted by Gasteiger charge is 1.91. The van der Waals surface area contributed by atoms with Crippen molar-refractivity contribution in [1.82, 2.24) is 0 Å². The largest absolute Gasteiger partial charge is 0.469 e. The van der Waals surface area contributed by atoms with Crippen LogP contribution in [0.15, 0.2) is 24.3 Å². The number of ether oxygens (including phenoxy) is 1. The summed E-state index contributed by atoms with van der Waals surface area (Å²) in [5, 5.41) is 0. The summed E-state index contributed by atoms with van der Waals surface area (Å²) in [6.07, 6.45) is 13.6. The molecule has 0 amide bonds. The minimum absolute atomic E-state index is 0.192. The predicted octanol–water partition coefficient (Wildman–Crippen LogP) is 4.27.